The minimum atomic E-state index is -3.06. The van der Waals surface area contributed by atoms with Gasteiger partial charge >= 0.3 is 0 Å². The van der Waals surface area contributed by atoms with Crippen LogP contribution in [0, 0.1) is 0 Å². The zero-order valence-electron chi connectivity index (χ0n) is 8.61. The molecule has 6 heteroatoms. The molecule has 1 atom stereocenters. The quantitative estimate of drug-likeness (QED) is 0.717. The van der Waals surface area contributed by atoms with E-state index in [9.17, 15) is 8.42 Å². The molecule has 0 N–H and O–H groups in total. The number of piperazine rings is 1. The third-order valence-electron chi connectivity index (χ3n) is 2.67. The Labute approximate surface area is 94.4 Å². The molecule has 0 aromatic carbocycles. The number of hydrogen-bond donors (Lipinski definition) is 0. The van der Waals surface area contributed by atoms with E-state index in [-0.39, 0.29) is 4.66 Å². The average Bonchev–Trinajstić information content (AvgIpc) is 2.17. The molecule has 0 spiro atoms. The first-order valence-corrected chi connectivity index (χ1v) is 7.52. The third kappa shape index (κ3) is 2.68. The molecular weight excluding hydrogens is 268 g/mol. The Morgan fingerprint density at radius 1 is 1.43 bits per heavy atom. The fraction of sp³-hybridized carbons (Fsp3) is 1.00. The highest BCUT2D eigenvalue weighted by atomic mass is 79.9. The number of alkyl halides is 1. The number of halogens is 1. The van der Waals surface area contributed by atoms with Crippen LogP contribution in [-0.2, 0) is 10.0 Å². The van der Waals surface area contributed by atoms with E-state index >= 15 is 0 Å². The largest absolute Gasteiger partial charge is 0.298 e. The molecule has 1 saturated heterocycles. The minimum absolute atomic E-state index is 0.0266. The fourth-order valence-corrected chi connectivity index (χ4v) is 3.56. The van der Waals surface area contributed by atoms with Crippen LogP contribution < -0.4 is 0 Å². The van der Waals surface area contributed by atoms with Gasteiger partial charge in [0.25, 0.3) is 0 Å². The molecule has 1 rings (SSSR count). The Kier molecular flexibility index (Phi) is 4.36. The van der Waals surface area contributed by atoms with Crippen LogP contribution >= 0.6 is 15.9 Å². The van der Waals surface area contributed by atoms with E-state index in [2.05, 4.69) is 34.7 Å². The molecule has 0 saturated carbocycles. The minimum Gasteiger partial charge on any atom is -0.298 e. The van der Waals surface area contributed by atoms with Crippen molar-refractivity contribution in [3.63, 3.8) is 0 Å². The van der Waals surface area contributed by atoms with Crippen molar-refractivity contribution in [3.8, 4) is 0 Å². The van der Waals surface area contributed by atoms with Crippen LogP contribution in [0.5, 0.6) is 0 Å². The maximum Gasteiger partial charge on any atom is 0.224 e. The first kappa shape index (κ1) is 12.4. The lowest BCUT2D eigenvalue weighted by Crippen LogP contribution is -2.53. The maximum atomic E-state index is 11.6. The zero-order valence-corrected chi connectivity index (χ0v) is 11.0. The molecule has 1 aliphatic heterocycles. The molecule has 0 amide bonds. The molecule has 1 aliphatic rings. The van der Waals surface area contributed by atoms with E-state index in [1.54, 1.807) is 4.31 Å². The molecule has 14 heavy (non-hydrogen) atoms. The first-order chi connectivity index (χ1) is 6.51. The van der Waals surface area contributed by atoms with Gasteiger partial charge in [-0.05, 0) is 13.5 Å². The SMILES string of the molecule is CCN1CCN(S(=O)(=O)CBr)CC1C. The summed E-state index contributed by atoms with van der Waals surface area (Å²) in [4.78, 5) is 2.29. The molecule has 0 bridgehead atoms. The summed E-state index contributed by atoms with van der Waals surface area (Å²) in [6.45, 7) is 7.23. The van der Waals surface area contributed by atoms with E-state index in [1.165, 1.54) is 0 Å². The Bertz CT molecular complexity index is 281. The summed E-state index contributed by atoms with van der Waals surface area (Å²) in [5.41, 5.74) is 0. The zero-order chi connectivity index (χ0) is 10.8. The topological polar surface area (TPSA) is 40.6 Å². The Morgan fingerprint density at radius 3 is 2.50 bits per heavy atom. The lowest BCUT2D eigenvalue weighted by Gasteiger charge is -2.38. The number of nitrogens with zero attached hydrogens (tertiary/aromatic N) is 2. The summed E-state index contributed by atoms with van der Waals surface area (Å²) in [5.74, 6) is 0. The van der Waals surface area contributed by atoms with Gasteiger partial charge < -0.3 is 0 Å². The van der Waals surface area contributed by atoms with Gasteiger partial charge in [-0.2, -0.15) is 4.31 Å². The van der Waals surface area contributed by atoms with Gasteiger partial charge in [-0.1, -0.05) is 22.9 Å². The molecular formula is C8H17BrN2O2S. The Balaban J connectivity index is 2.63. The predicted octanol–water partition coefficient (Wildman–Crippen LogP) is 0.695. The van der Waals surface area contributed by atoms with Gasteiger partial charge in [-0.3, -0.25) is 4.90 Å². The van der Waals surface area contributed by atoms with Crippen LogP contribution in [0.2, 0.25) is 0 Å². The molecule has 84 valence electrons. The molecule has 4 nitrogen and oxygen atoms in total. The standard InChI is InChI=1S/C8H17BrN2O2S/c1-3-10-4-5-11(6-8(10)2)14(12,13)7-9/h8H,3-7H2,1-2H3. The highest BCUT2D eigenvalue weighted by Gasteiger charge is 2.29. The summed E-state index contributed by atoms with van der Waals surface area (Å²) >= 11 is 3.02. The van der Waals surface area contributed by atoms with Crippen LogP contribution in [-0.4, -0.2) is 54.5 Å². The maximum absolute atomic E-state index is 11.6. The van der Waals surface area contributed by atoms with Gasteiger partial charge in [0, 0.05) is 25.7 Å². The van der Waals surface area contributed by atoms with Crippen molar-refractivity contribution < 1.29 is 8.42 Å². The highest BCUT2D eigenvalue weighted by molar-refractivity contribution is 9.10. The van der Waals surface area contributed by atoms with Gasteiger partial charge in [0.05, 0.1) is 0 Å². The van der Waals surface area contributed by atoms with Gasteiger partial charge in [0.1, 0.15) is 4.66 Å². The molecule has 1 heterocycles. The normalized spacial score (nSPS) is 26.6. The van der Waals surface area contributed by atoms with Crippen molar-refractivity contribution in [2.75, 3.05) is 30.8 Å². The van der Waals surface area contributed by atoms with Crippen LogP contribution in [0.3, 0.4) is 0 Å². The Hall–Kier alpha value is 0.350. The molecule has 1 fully saturated rings. The second-order valence-electron chi connectivity index (χ2n) is 3.56. The van der Waals surface area contributed by atoms with Crippen molar-refractivity contribution in [3.05, 3.63) is 0 Å². The second-order valence-corrected chi connectivity index (χ2v) is 6.83. The van der Waals surface area contributed by atoms with Crippen LogP contribution in [0.4, 0.5) is 0 Å². The van der Waals surface area contributed by atoms with Crippen molar-refractivity contribution in [1.82, 2.24) is 9.21 Å². The van der Waals surface area contributed by atoms with Gasteiger partial charge in [0.2, 0.25) is 10.0 Å². The summed E-state index contributed by atoms with van der Waals surface area (Å²) in [6, 6.07) is 0.322. The first-order valence-electron chi connectivity index (χ1n) is 4.79. The number of rotatable bonds is 3. The molecule has 0 radical (unpaired) electrons. The van der Waals surface area contributed by atoms with Gasteiger partial charge in [-0.15, -0.1) is 0 Å². The second kappa shape index (κ2) is 4.92. The molecule has 0 aromatic rings. The molecule has 0 aromatic heterocycles. The number of hydrogen-bond acceptors (Lipinski definition) is 3. The van der Waals surface area contributed by atoms with E-state index < -0.39 is 10.0 Å². The highest BCUT2D eigenvalue weighted by Crippen LogP contribution is 2.14. The fourth-order valence-electron chi connectivity index (χ4n) is 1.75. The lowest BCUT2D eigenvalue weighted by molar-refractivity contribution is 0.136. The predicted molar refractivity (Wildman–Crippen MR) is 61.0 cm³/mol. The summed E-state index contributed by atoms with van der Waals surface area (Å²) in [6.07, 6.45) is 0. The van der Waals surface area contributed by atoms with Crippen molar-refractivity contribution in [2.45, 2.75) is 19.9 Å². The lowest BCUT2D eigenvalue weighted by atomic mass is 10.2. The van der Waals surface area contributed by atoms with Crippen molar-refractivity contribution in [2.24, 2.45) is 0 Å². The van der Waals surface area contributed by atoms with Gasteiger partial charge in [-0.25, -0.2) is 8.42 Å². The summed E-state index contributed by atoms with van der Waals surface area (Å²) < 4.78 is 24.7. The van der Waals surface area contributed by atoms with Crippen LogP contribution in [0.15, 0.2) is 0 Å². The van der Waals surface area contributed by atoms with E-state index in [1.807, 2.05) is 0 Å². The van der Waals surface area contributed by atoms with E-state index in [0.717, 1.165) is 13.1 Å². The molecule has 1 unspecified atom stereocenters. The average molecular weight is 285 g/mol. The smallest absolute Gasteiger partial charge is 0.224 e. The third-order valence-corrected chi connectivity index (χ3v) is 5.80. The van der Waals surface area contributed by atoms with Crippen molar-refractivity contribution >= 4 is 26.0 Å². The number of sulfonamides is 1. The molecule has 0 aliphatic carbocycles. The van der Waals surface area contributed by atoms with E-state index in [0.29, 0.717) is 19.1 Å². The van der Waals surface area contributed by atoms with Crippen LogP contribution in [0.25, 0.3) is 0 Å². The summed E-state index contributed by atoms with van der Waals surface area (Å²) in [7, 11) is -3.06. The van der Waals surface area contributed by atoms with Gasteiger partial charge in [0.15, 0.2) is 0 Å². The van der Waals surface area contributed by atoms with Crippen molar-refractivity contribution in [1.29, 1.82) is 0 Å². The monoisotopic (exact) mass is 284 g/mol. The summed E-state index contributed by atoms with van der Waals surface area (Å²) in [5, 5.41) is 0. The number of likely N-dealkylation sites (N-methyl/N-ethyl adjacent to an activating group) is 1. The van der Waals surface area contributed by atoms with Crippen LogP contribution in [0.1, 0.15) is 13.8 Å². The van der Waals surface area contributed by atoms with E-state index in [4.69, 9.17) is 0 Å². The Morgan fingerprint density at radius 2 is 2.07 bits per heavy atom.